The van der Waals surface area contributed by atoms with Crippen molar-refractivity contribution in [2.24, 2.45) is 0 Å². The molecule has 0 aliphatic carbocycles. The van der Waals surface area contributed by atoms with E-state index in [-0.39, 0.29) is 5.78 Å². The molecule has 0 aliphatic rings. The van der Waals surface area contributed by atoms with Crippen LogP contribution in [0.5, 0.6) is 5.75 Å². The second-order valence-electron chi connectivity index (χ2n) is 3.26. The number of carbonyl (C=O) groups excluding carboxylic acids is 1. The standard InChI is InChI=1S/C11H13BrO2/c1-6-5-9(12)7(2)10(8(3)13)11(6)14-4/h5H,1-4H3. The van der Waals surface area contributed by atoms with Crippen LogP contribution in [0.15, 0.2) is 10.5 Å². The molecular weight excluding hydrogens is 244 g/mol. The van der Waals surface area contributed by atoms with Crippen LogP contribution in [0.2, 0.25) is 0 Å². The topological polar surface area (TPSA) is 26.3 Å². The van der Waals surface area contributed by atoms with Gasteiger partial charge in [-0.15, -0.1) is 0 Å². The Hall–Kier alpha value is -0.830. The Morgan fingerprint density at radius 2 is 2.00 bits per heavy atom. The molecular formula is C11H13BrO2. The first-order valence-electron chi connectivity index (χ1n) is 4.33. The van der Waals surface area contributed by atoms with Crippen LogP contribution in [-0.2, 0) is 0 Å². The maximum atomic E-state index is 11.4. The van der Waals surface area contributed by atoms with Crippen molar-refractivity contribution in [1.82, 2.24) is 0 Å². The SMILES string of the molecule is COc1c(C)cc(Br)c(C)c1C(C)=O. The minimum atomic E-state index is 0.0313. The van der Waals surface area contributed by atoms with Crippen molar-refractivity contribution < 1.29 is 9.53 Å². The van der Waals surface area contributed by atoms with Crippen LogP contribution in [0.1, 0.15) is 28.4 Å². The lowest BCUT2D eigenvalue weighted by Crippen LogP contribution is -2.03. The molecule has 76 valence electrons. The fourth-order valence-corrected chi connectivity index (χ4v) is 2.08. The van der Waals surface area contributed by atoms with Gasteiger partial charge < -0.3 is 4.74 Å². The summed E-state index contributed by atoms with van der Waals surface area (Å²) in [5, 5.41) is 0. The number of hydrogen-bond donors (Lipinski definition) is 0. The average Bonchev–Trinajstić information content (AvgIpc) is 2.10. The number of halogens is 1. The summed E-state index contributed by atoms with van der Waals surface area (Å²) in [4.78, 5) is 11.4. The van der Waals surface area contributed by atoms with Crippen molar-refractivity contribution in [1.29, 1.82) is 0 Å². The van der Waals surface area contributed by atoms with E-state index in [2.05, 4.69) is 15.9 Å². The van der Waals surface area contributed by atoms with Gasteiger partial charge in [-0.05, 0) is 38.0 Å². The molecule has 1 aromatic carbocycles. The highest BCUT2D eigenvalue weighted by Gasteiger charge is 2.16. The lowest BCUT2D eigenvalue weighted by Gasteiger charge is -2.13. The Morgan fingerprint density at radius 3 is 2.43 bits per heavy atom. The normalized spacial score (nSPS) is 10.1. The Labute approximate surface area is 92.4 Å². The van der Waals surface area contributed by atoms with E-state index in [1.165, 1.54) is 0 Å². The summed E-state index contributed by atoms with van der Waals surface area (Å²) >= 11 is 3.42. The number of ether oxygens (including phenoxy) is 1. The maximum absolute atomic E-state index is 11.4. The predicted molar refractivity (Wildman–Crippen MR) is 60.2 cm³/mol. The van der Waals surface area contributed by atoms with Gasteiger partial charge in [0.1, 0.15) is 5.75 Å². The highest BCUT2D eigenvalue weighted by Crippen LogP contribution is 2.32. The fourth-order valence-electron chi connectivity index (χ4n) is 1.54. The molecule has 1 rings (SSSR count). The molecule has 0 N–H and O–H groups in total. The van der Waals surface area contributed by atoms with E-state index < -0.39 is 0 Å². The first-order chi connectivity index (χ1) is 6.49. The van der Waals surface area contributed by atoms with Gasteiger partial charge in [-0.2, -0.15) is 0 Å². The molecule has 0 radical (unpaired) electrons. The predicted octanol–water partition coefficient (Wildman–Crippen LogP) is 3.28. The van der Waals surface area contributed by atoms with Crippen molar-refractivity contribution in [3.63, 3.8) is 0 Å². The molecule has 0 fully saturated rings. The quantitative estimate of drug-likeness (QED) is 0.760. The Morgan fingerprint density at radius 1 is 1.43 bits per heavy atom. The van der Waals surface area contributed by atoms with Crippen molar-refractivity contribution in [3.05, 3.63) is 27.2 Å². The number of Topliss-reactive ketones (excluding diaryl/α,β-unsaturated/α-hetero) is 1. The minimum Gasteiger partial charge on any atom is -0.496 e. The number of rotatable bonds is 2. The van der Waals surface area contributed by atoms with E-state index in [1.807, 2.05) is 19.9 Å². The van der Waals surface area contributed by atoms with Crippen molar-refractivity contribution in [2.45, 2.75) is 20.8 Å². The molecule has 3 heteroatoms. The Balaban J connectivity index is 3.56. The summed E-state index contributed by atoms with van der Waals surface area (Å²) in [7, 11) is 1.59. The van der Waals surface area contributed by atoms with Crippen LogP contribution in [0, 0.1) is 13.8 Å². The zero-order chi connectivity index (χ0) is 10.9. The van der Waals surface area contributed by atoms with Gasteiger partial charge in [-0.3, -0.25) is 4.79 Å². The minimum absolute atomic E-state index is 0.0313. The summed E-state index contributed by atoms with van der Waals surface area (Å²) in [5.41, 5.74) is 2.56. The lowest BCUT2D eigenvalue weighted by atomic mass is 10.0. The Bertz CT molecular complexity index is 383. The molecule has 0 heterocycles. The smallest absolute Gasteiger partial charge is 0.163 e. The van der Waals surface area contributed by atoms with Crippen LogP contribution in [0.4, 0.5) is 0 Å². The first-order valence-corrected chi connectivity index (χ1v) is 5.13. The molecule has 14 heavy (non-hydrogen) atoms. The van der Waals surface area contributed by atoms with Gasteiger partial charge in [0.25, 0.3) is 0 Å². The van der Waals surface area contributed by atoms with Crippen molar-refractivity contribution in [2.75, 3.05) is 7.11 Å². The maximum Gasteiger partial charge on any atom is 0.163 e. The van der Waals surface area contributed by atoms with Crippen molar-refractivity contribution >= 4 is 21.7 Å². The number of ketones is 1. The molecule has 0 bridgehead atoms. The van der Waals surface area contributed by atoms with Crippen LogP contribution in [0.3, 0.4) is 0 Å². The van der Waals surface area contributed by atoms with Gasteiger partial charge in [-0.1, -0.05) is 15.9 Å². The molecule has 0 amide bonds. The molecule has 0 saturated heterocycles. The van der Waals surface area contributed by atoms with E-state index in [1.54, 1.807) is 14.0 Å². The largest absolute Gasteiger partial charge is 0.496 e. The highest BCUT2D eigenvalue weighted by atomic mass is 79.9. The summed E-state index contributed by atoms with van der Waals surface area (Å²) in [6, 6.07) is 1.96. The number of carbonyl (C=O) groups is 1. The van der Waals surface area contributed by atoms with Crippen LogP contribution < -0.4 is 4.74 Å². The van der Waals surface area contributed by atoms with Gasteiger partial charge >= 0.3 is 0 Å². The third kappa shape index (κ3) is 1.82. The summed E-state index contributed by atoms with van der Waals surface area (Å²) in [6.45, 7) is 5.38. The third-order valence-corrected chi connectivity index (χ3v) is 3.04. The van der Waals surface area contributed by atoms with Gasteiger partial charge in [-0.25, -0.2) is 0 Å². The molecule has 0 aromatic heterocycles. The molecule has 0 spiro atoms. The van der Waals surface area contributed by atoms with Crippen molar-refractivity contribution in [3.8, 4) is 5.75 Å². The number of aryl methyl sites for hydroxylation is 1. The zero-order valence-electron chi connectivity index (χ0n) is 8.77. The molecule has 0 atom stereocenters. The number of hydrogen-bond acceptors (Lipinski definition) is 2. The van der Waals surface area contributed by atoms with Gasteiger partial charge in [0.15, 0.2) is 5.78 Å². The van der Waals surface area contributed by atoms with Crippen LogP contribution in [-0.4, -0.2) is 12.9 Å². The van der Waals surface area contributed by atoms with Gasteiger partial charge in [0.2, 0.25) is 0 Å². The molecule has 0 unspecified atom stereocenters. The van der Waals surface area contributed by atoms with Gasteiger partial charge in [0, 0.05) is 4.47 Å². The molecule has 2 nitrogen and oxygen atoms in total. The summed E-state index contributed by atoms with van der Waals surface area (Å²) in [6.07, 6.45) is 0. The molecule has 0 aliphatic heterocycles. The van der Waals surface area contributed by atoms with Crippen LogP contribution >= 0.6 is 15.9 Å². The average molecular weight is 257 g/mol. The summed E-state index contributed by atoms with van der Waals surface area (Å²) in [5.74, 6) is 0.710. The van der Waals surface area contributed by atoms with Gasteiger partial charge in [0.05, 0.1) is 12.7 Å². The summed E-state index contributed by atoms with van der Waals surface area (Å²) < 4.78 is 6.18. The zero-order valence-corrected chi connectivity index (χ0v) is 10.4. The van der Waals surface area contributed by atoms with E-state index in [4.69, 9.17) is 4.74 Å². The first kappa shape index (κ1) is 11.2. The van der Waals surface area contributed by atoms with E-state index in [9.17, 15) is 4.79 Å². The fraction of sp³-hybridized carbons (Fsp3) is 0.364. The third-order valence-electron chi connectivity index (χ3n) is 2.22. The monoisotopic (exact) mass is 256 g/mol. The molecule has 0 saturated carbocycles. The van der Waals surface area contributed by atoms with Crippen LogP contribution in [0.25, 0.3) is 0 Å². The lowest BCUT2D eigenvalue weighted by molar-refractivity contribution is 0.101. The second-order valence-corrected chi connectivity index (χ2v) is 4.12. The second kappa shape index (κ2) is 4.13. The highest BCUT2D eigenvalue weighted by molar-refractivity contribution is 9.10. The van der Waals surface area contributed by atoms with E-state index in [0.29, 0.717) is 11.3 Å². The number of benzene rings is 1. The Kier molecular flexibility index (Phi) is 3.32. The van der Waals surface area contributed by atoms with E-state index in [0.717, 1.165) is 15.6 Å². The molecule has 1 aromatic rings. The van der Waals surface area contributed by atoms with E-state index >= 15 is 0 Å². The number of methoxy groups -OCH3 is 1.